The fraction of sp³-hybridized carbons (Fsp3) is 0.889. The zero-order chi connectivity index (χ0) is 37.1. The molecule has 0 aromatic heterocycles. The topological polar surface area (TPSA) is 60.0 Å². The van der Waals surface area contributed by atoms with Crippen molar-refractivity contribution in [2.75, 3.05) is 53.6 Å². The molecule has 1 N–H and O–H groups in total. The first-order valence-corrected chi connectivity index (χ1v) is 22.1. The third-order valence-corrected chi connectivity index (χ3v) is 9.57. The summed E-state index contributed by atoms with van der Waals surface area (Å²) in [5.74, 6) is 0. The van der Waals surface area contributed by atoms with E-state index >= 15 is 0 Å². The Labute approximate surface area is 318 Å². The predicted molar refractivity (Wildman–Crippen MR) is 222 cm³/mol. The quantitative estimate of drug-likeness (QED) is 0.0503. The van der Waals surface area contributed by atoms with E-state index in [1.54, 1.807) is 0 Å². The molecule has 6 heteroatoms. The highest BCUT2D eigenvalue weighted by Crippen LogP contribution is 2.12. The van der Waals surface area contributed by atoms with Gasteiger partial charge in [-0.3, -0.25) is 0 Å². The lowest BCUT2D eigenvalue weighted by Crippen LogP contribution is -2.33. The Morgan fingerprint density at radius 2 is 0.941 bits per heavy atom. The number of carbonyl (C=O) groups is 1. The second-order valence-corrected chi connectivity index (χ2v) is 15.1. The van der Waals surface area contributed by atoms with Crippen molar-refractivity contribution in [1.29, 1.82) is 0 Å². The molecule has 0 aliphatic rings. The molecule has 0 aliphatic heterocycles. The van der Waals surface area contributed by atoms with Gasteiger partial charge in [-0.2, -0.15) is 0 Å². The summed E-state index contributed by atoms with van der Waals surface area (Å²) in [5.41, 5.74) is 0. The average molecular weight is 721 g/mol. The van der Waals surface area contributed by atoms with Gasteiger partial charge in [-0.25, -0.2) is 4.79 Å². The van der Waals surface area contributed by atoms with Gasteiger partial charge in [0.15, 0.2) is 0 Å². The van der Waals surface area contributed by atoms with E-state index in [0.29, 0.717) is 19.8 Å². The normalized spacial score (nSPS) is 12.5. The molecule has 0 rings (SSSR count). The number of unbranched alkanes of at least 4 members (excludes halogenated alkanes) is 24. The molecule has 0 saturated carbocycles. The summed E-state index contributed by atoms with van der Waals surface area (Å²) >= 11 is 0. The molecule has 51 heavy (non-hydrogen) atoms. The molecule has 6 nitrogen and oxygen atoms in total. The lowest BCUT2D eigenvalue weighted by molar-refractivity contribution is -0.0468. The van der Waals surface area contributed by atoms with Crippen LogP contribution in [0.3, 0.4) is 0 Å². The first-order chi connectivity index (χ1) is 25.1. The number of rotatable bonds is 41. The van der Waals surface area contributed by atoms with Crippen LogP contribution < -0.4 is 5.32 Å². The van der Waals surface area contributed by atoms with Crippen molar-refractivity contribution in [2.24, 2.45) is 0 Å². The van der Waals surface area contributed by atoms with E-state index in [2.05, 4.69) is 48.4 Å². The lowest BCUT2D eigenvalue weighted by atomic mass is 10.1. The third-order valence-electron chi connectivity index (χ3n) is 9.57. The van der Waals surface area contributed by atoms with E-state index in [0.717, 1.165) is 32.4 Å². The smallest absolute Gasteiger partial charge is 0.407 e. The number of ether oxygens (including phenoxy) is 3. The fourth-order valence-corrected chi connectivity index (χ4v) is 6.22. The second-order valence-electron chi connectivity index (χ2n) is 15.1. The van der Waals surface area contributed by atoms with Crippen molar-refractivity contribution in [1.82, 2.24) is 10.2 Å². The summed E-state index contributed by atoms with van der Waals surface area (Å²) in [6, 6.07) is 0. The maximum Gasteiger partial charge on any atom is 0.407 e. The Kier molecular flexibility index (Phi) is 41.9. The standard InChI is InChI=1S/C45H88N2O4/c1-5-7-9-11-13-15-17-19-21-23-25-27-29-31-33-35-40-49-42-44(43-51-45(48)46-38-37-39-47(3)4)50-41-36-34-32-30-28-26-24-22-20-18-16-14-12-10-8-6-2/h19-22,44H,5-18,23-43H2,1-4H3,(H,46,48). The summed E-state index contributed by atoms with van der Waals surface area (Å²) in [7, 11) is 4.07. The number of hydrogen-bond acceptors (Lipinski definition) is 5. The molecule has 302 valence electrons. The first-order valence-electron chi connectivity index (χ1n) is 22.1. The van der Waals surface area contributed by atoms with E-state index in [4.69, 9.17) is 14.2 Å². The fourth-order valence-electron chi connectivity index (χ4n) is 6.22. The highest BCUT2D eigenvalue weighted by Gasteiger charge is 2.13. The van der Waals surface area contributed by atoms with Gasteiger partial charge in [0.2, 0.25) is 0 Å². The molecule has 0 radical (unpaired) electrons. The molecule has 0 saturated heterocycles. The lowest BCUT2D eigenvalue weighted by Gasteiger charge is -2.18. The third kappa shape index (κ3) is 42.9. The number of nitrogens with zero attached hydrogens (tertiary/aromatic N) is 1. The van der Waals surface area contributed by atoms with Crippen LogP contribution in [-0.2, 0) is 14.2 Å². The van der Waals surface area contributed by atoms with Crippen LogP contribution >= 0.6 is 0 Å². The van der Waals surface area contributed by atoms with Crippen LogP contribution in [0.25, 0.3) is 0 Å². The van der Waals surface area contributed by atoms with Crippen LogP contribution in [0.2, 0.25) is 0 Å². The number of allylic oxidation sites excluding steroid dienone is 4. The maximum atomic E-state index is 12.2. The van der Waals surface area contributed by atoms with Crippen LogP contribution in [0.15, 0.2) is 24.3 Å². The number of nitrogens with one attached hydrogen (secondary N) is 1. The van der Waals surface area contributed by atoms with Crippen molar-refractivity contribution < 1.29 is 19.0 Å². The van der Waals surface area contributed by atoms with Gasteiger partial charge in [-0.05, 0) is 91.3 Å². The second kappa shape index (κ2) is 43.0. The number of carbonyl (C=O) groups excluding carboxylic acids is 1. The maximum absolute atomic E-state index is 12.2. The van der Waals surface area contributed by atoms with Gasteiger partial charge in [-0.1, -0.05) is 154 Å². The van der Waals surface area contributed by atoms with Crippen molar-refractivity contribution in [3.8, 4) is 0 Å². The van der Waals surface area contributed by atoms with E-state index < -0.39 is 0 Å². The molecule has 1 unspecified atom stereocenters. The minimum absolute atomic E-state index is 0.213. The van der Waals surface area contributed by atoms with E-state index in [-0.39, 0.29) is 18.8 Å². The molecule has 1 atom stereocenters. The SMILES string of the molecule is CCCCCCCCC=CCCCCCCCCOCC(COC(=O)NCCCN(C)C)OCCCCCCCCC=CCCCCCCCC. The minimum Gasteiger partial charge on any atom is -0.447 e. The zero-order valence-electron chi connectivity index (χ0n) is 34.7. The molecule has 0 aliphatic carbocycles. The van der Waals surface area contributed by atoms with Crippen molar-refractivity contribution >= 4 is 6.09 Å². The Balaban J connectivity index is 3.98. The van der Waals surface area contributed by atoms with Gasteiger partial charge in [0, 0.05) is 19.8 Å². The van der Waals surface area contributed by atoms with E-state index in [9.17, 15) is 4.79 Å². The van der Waals surface area contributed by atoms with Crippen LogP contribution in [-0.4, -0.2) is 70.7 Å². The van der Waals surface area contributed by atoms with Gasteiger partial charge in [0.25, 0.3) is 0 Å². The monoisotopic (exact) mass is 721 g/mol. The van der Waals surface area contributed by atoms with Crippen molar-refractivity contribution in [3.63, 3.8) is 0 Å². The highest BCUT2D eigenvalue weighted by molar-refractivity contribution is 5.67. The molecular formula is C45H88N2O4. The molecule has 1 amide bonds. The Morgan fingerprint density at radius 1 is 0.529 bits per heavy atom. The Bertz CT molecular complexity index is 742. The first kappa shape index (κ1) is 49.6. The van der Waals surface area contributed by atoms with Gasteiger partial charge >= 0.3 is 6.09 Å². The molecule has 0 aromatic rings. The van der Waals surface area contributed by atoms with E-state index in [1.165, 1.54) is 167 Å². The Morgan fingerprint density at radius 3 is 1.39 bits per heavy atom. The molecule has 0 fully saturated rings. The molecule has 0 spiro atoms. The predicted octanol–water partition coefficient (Wildman–Crippen LogP) is 13.1. The van der Waals surface area contributed by atoms with Gasteiger partial charge in [0.05, 0.1) is 6.61 Å². The van der Waals surface area contributed by atoms with E-state index in [1.807, 2.05) is 14.1 Å². The summed E-state index contributed by atoms with van der Waals surface area (Å²) in [6.07, 6.45) is 46.3. The average Bonchev–Trinajstić information content (AvgIpc) is 3.12. The van der Waals surface area contributed by atoms with Gasteiger partial charge in [-0.15, -0.1) is 0 Å². The summed E-state index contributed by atoms with van der Waals surface area (Å²) < 4.78 is 17.7. The van der Waals surface area contributed by atoms with Crippen LogP contribution in [0.1, 0.15) is 200 Å². The molecule has 0 aromatic carbocycles. The van der Waals surface area contributed by atoms with Crippen LogP contribution in [0, 0.1) is 0 Å². The Hall–Kier alpha value is -1.37. The zero-order valence-corrected chi connectivity index (χ0v) is 34.7. The van der Waals surface area contributed by atoms with Gasteiger partial charge in [0.1, 0.15) is 12.7 Å². The number of amides is 1. The van der Waals surface area contributed by atoms with Crippen molar-refractivity contribution in [3.05, 3.63) is 24.3 Å². The van der Waals surface area contributed by atoms with Crippen molar-refractivity contribution in [2.45, 2.75) is 206 Å². The molecule has 0 bridgehead atoms. The van der Waals surface area contributed by atoms with Crippen LogP contribution in [0.4, 0.5) is 4.79 Å². The van der Waals surface area contributed by atoms with Gasteiger partial charge < -0.3 is 24.4 Å². The highest BCUT2D eigenvalue weighted by atomic mass is 16.6. The largest absolute Gasteiger partial charge is 0.447 e. The number of hydrogen-bond donors (Lipinski definition) is 1. The minimum atomic E-state index is -0.368. The molecule has 0 heterocycles. The molecular weight excluding hydrogens is 633 g/mol. The number of alkyl carbamates (subject to hydrolysis) is 1. The summed E-state index contributed by atoms with van der Waals surface area (Å²) in [5, 5.41) is 2.85. The summed E-state index contributed by atoms with van der Waals surface area (Å²) in [4.78, 5) is 14.3. The summed E-state index contributed by atoms with van der Waals surface area (Å²) in [6.45, 7) is 8.26. The van der Waals surface area contributed by atoms with Crippen LogP contribution in [0.5, 0.6) is 0 Å².